The van der Waals surface area contributed by atoms with Gasteiger partial charge in [0.05, 0.1) is 0 Å². The largest absolute Gasteiger partial charge is 0.483 e. The van der Waals surface area contributed by atoms with Crippen LogP contribution in [0.15, 0.2) is 12.7 Å². The van der Waals surface area contributed by atoms with E-state index in [-0.39, 0.29) is 6.08 Å². The smallest absolute Gasteiger partial charge is 0.456 e. The highest BCUT2D eigenvalue weighted by atomic mass is 19.4. The van der Waals surface area contributed by atoms with E-state index in [1.807, 2.05) is 0 Å². The van der Waals surface area contributed by atoms with Gasteiger partial charge in [0.25, 0.3) is 0 Å². The van der Waals surface area contributed by atoms with Crippen molar-refractivity contribution in [1.82, 2.24) is 0 Å². The van der Waals surface area contributed by atoms with E-state index in [1.54, 1.807) is 4.74 Å². The standard InChI is InChI=1S/C10H5F13O4/c1-2-4(24)25-3-5(11,12)7(16,17)26-9(20,21)10(22,23)27-8(18,19)6(13,14)15/h2H,1,3H2. The number of esters is 1. The van der Waals surface area contributed by atoms with Crippen LogP contribution in [0.2, 0.25) is 0 Å². The maximum absolute atomic E-state index is 13.0. The van der Waals surface area contributed by atoms with Gasteiger partial charge in [-0.05, 0) is 0 Å². The van der Waals surface area contributed by atoms with Crippen LogP contribution in [0.4, 0.5) is 57.1 Å². The molecule has 0 atom stereocenters. The summed E-state index contributed by atoms with van der Waals surface area (Å²) in [6, 6.07) is 0. The monoisotopic (exact) mass is 436 g/mol. The third kappa shape index (κ3) is 5.85. The first-order valence-corrected chi connectivity index (χ1v) is 5.77. The summed E-state index contributed by atoms with van der Waals surface area (Å²) in [7, 11) is 0. The Hall–Kier alpha value is -1.78. The second-order valence-corrected chi connectivity index (χ2v) is 4.29. The van der Waals surface area contributed by atoms with Crippen LogP contribution in [-0.2, 0) is 19.0 Å². The van der Waals surface area contributed by atoms with Crippen LogP contribution in [0.3, 0.4) is 0 Å². The normalized spacial score (nSPS) is 14.9. The quantitative estimate of drug-likeness (QED) is 0.307. The summed E-state index contributed by atoms with van der Waals surface area (Å²) in [5.41, 5.74) is 0. The second-order valence-electron chi connectivity index (χ2n) is 4.29. The molecular formula is C10H5F13O4. The van der Waals surface area contributed by atoms with E-state index in [2.05, 4.69) is 11.3 Å². The van der Waals surface area contributed by atoms with Crippen molar-refractivity contribution in [2.24, 2.45) is 0 Å². The van der Waals surface area contributed by atoms with Gasteiger partial charge in [-0.3, -0.25) is 0 Å². The fourth-order valence-electron chi connectivity index (χ4n) is 0.878. The highest BCUT2D eigenvalue weighted by Crippen LogP contribution is 2.49. The summed E-state index contributed by atoms with van der Waals surface area (Å²) in [4.78, 5) is 10.4. The molecule has 4 nitrogen and oxygen atoms in total. The summed E-state index contributed by atoms with van der Waals surface area (Å²) >= 11 is 0. The first-order valence-electron chi connectivity index (χ1n) is 5.77. The van der Waals surface area contributed by atoms with Gasteiger partial charge in [-0.1, -0.05) is 6.58 Å². The van der Waals surface area contributed by atoms with Crippen molar-refractivity contribution < 1.29 is 76.1 Å². The summed E-state index contributed by atoms with van der Waals surface area (Å²) in [6.07, 6.45) is -34.8. The molecule has 27 heavy (non-hydrogen) atoms. The van der Waals surface area contributed by atoms with Gasteiger partial charge in [0.2, 0.25) is 0 Å². The van der Waals surface area contributed by atoms with Crippen molar-refractivity contribution >= 4 is 5.97 Å². The second kappa shape index (κ2) is 7.33. The molecule has 0 aliphatic carbocycles. The third-order valence-corrected chi connectivity index (χ3v) is 2.17. The predicted octanol–water partition coefficient (Wildman–Crippen LogP) is 4.32. The van der Waals surface area contributed by atoms with E-state index in [0.717, 1.165) is 0 Å². The molecular weight excluding hydrogens is 431 g/mol. The Morgan fingerprint density at radius 2 is 1.07 bits per heavy atom. The van der Waals surface area contributed by atoms with E-state index in [4.69, 9.17) is 0 Å². The first-order chi connectivity index (χ1) is 11.6. The number of alkyl halides is 13. The molecule has 0 N–H and O–H groups in total. The highest BCUT2D eigenvalue weighted by molar-refractivity contribution is 5.81. The molecule has 17 heteroatoms. The molecule has 0 amide bonds. The van der Waals surface area contributed by atoms with Crippen molar-refractivity contribution in [3.63, 3.8) is 0 Å². The summed E-state index contributed by atoms with van der Waals surface area (Å²) in [5.74, 6) is -7.76. The lowest BCUT2D eigenvalue weighted by molar-refractivity contribution is -0.546. The maximum Gasteiger partial charge on any atom is 0.483 e. The van der Waals surface area contributed by atoms with Gasteiger partial charge < -0.3 is 4.74 Å². The fourth-order valence-corrected chi connectivity index (χ4v) is 0.878. The van der Waals surface area contributed by atoms with Gasteiger partial charge in [-0.15, -0.1) is 0 Å². The van der Waals surface area contributed by atoms with Gasteiger partial charge in [-0.25, -0.2) is 14.3 Å². The SMILES string of the molecule is C=CC(=O)OCC(F)(F)C(F)(F)OC(F)(F)C(F)(F)OC(F)(F)C(F)(F)F. The molecule has 0 rings (SSSR count). The number of ether oxygens (including phenoxy) is 3. The van der Waals surface area contributed by atoms with E-state index in [9.17, 15) is 61.9 Å². The summed E-state index contributed by atoms with van der Waals surface area (Å²) < 4.78 is 169. The highest BCUT2D eigenvalue weighted by Gasteiger charge is 2.75. The van der Waals surface area contributed by atoms with Crippen LogP contribution in [0, 0.1) is 0 Å². The van der Waals surface area contributed by atoms with E-state index in [0.29, 0.717) is 0 Å². The predicted molar refractivity (Wildman–Crippen MR) is 54.1 cm³/mol. The Balaban J connectivity index is 5.51. The van der Waals surface area contributed by atoms with Crippen molar-refractivity contribution in [3.05, 3.63) is 12.7 Å². The third-order valence-electron chi connectivity index (χ3n) is 2.17. The maximum atomic E-state index is 13.0. The minimum absolute atomic E-state index is 0.144. The number of hydrogen-bond acceptors (Lipinski definition) is 4. The molecule has 0 unspecified atom stereocenters. The summed E-state index contributed by atoms with van der Waals surface area (Å²) in [5, 5.41) is 0. The molecule has 0 saturated heterocycles. The number of carbonyl (C=O) groups excluding carboxylic acids is 1. The molecule has 0 fully saturated rings. The molecule has 0 spiro atoms. The lowest BCUT2D eigenvalue weighted by atomic mass is 10.3. The van der Waals surface area contributed by atoms with Gasteiger partial charge >= 0.3 is 42.5 Å². The average molecular weight is 436 g/mol. The number of hydrogen-bond donors (Lipinski definition) is 0. The van der Waals surface area contributed by atoms with Gasteiger partial charge in [0.1, 0.15) is 0 Å². The summed E-state index contributed by atoms with van der Waals surface area (Å²) in [6.45, 7) is -0.112. The number of carbonyl (C=O) groups is 1. The molecule has 0 saturated carbocycles. The van der Waals surface area contributed by atoms with Crippen molar-refractivity contribution in [2.75, 3.05) is 6.61 Å². The van der Waals surface area contributed by atoms with Gasteiger partial charge in [0.15, 0.2) is 6.61 Å². The zero-order valence-electron chi connectivity index (χ0n) is 12.0. The van der Waals surface area contributed by atoms with Crippen molar-refractivity contribution in [2.45, 2.75) is 36.5 Å². The van der Waals surface area contributed by atoms with Crippen LogP contribution in [0.1, 0.15) is 0 Å². The molecule has 0 radical (unpaired) electrons. The van der Waals surface area contributed by atoms with Gasteiger partial charge in [-0.2, -0.15) is 57.1 Å². The Morgan fingerprint density at radius 3 is 1.41 bits per heavy atom. The fraction of sp³-hybridized carbons (Fsp3) is 0.700. The van der Waals surface area contributed by atoms with Crippen LogP contribution < -0.4 is 0 Å². The molecule has 0 aliphatic rings. The van der Waals surface area contributed by atoms with E-state index in [1.165, 1.54) is 4.74 Å². The van der Waals surface area contributed by atoms with Crippen molar-refractivity contribution in [3.8, 4) is 0 Å². The molecule has 0 bridgehead atoms. The Kier molecular flexibility index (Phi) is 6.84. The van der Waals surface area contributed by atoms with Crippen LogP contribution >= 0.6 is 0 Å². The number of halogens is 13. The lowest BCUT2D eigenvalue weighted by Crippen LogP contribution is -2.58. The van der Waals surface area contributed by atoms with Gasteiger partial charge in [0, 0.05) is 6.08 Å². The zero-order chi connectivity index (χ0) is 22.1. The molecule has 0 aromatic heterocycles. The molecule has 0 heterocycles. The molecule has 160 valence electrons. The van der Waals surface area contributed by atoms with Crippen LogP contribution in [-0.4, -0.2) is 49.1 Å². The first kappa shape index (κ1) is 25.2. The van der Waals surface area contributed by atoms with E-state index < -0.39 is 49.1 Å². The van der Waals surface area contributed by atoms with Crippen molar-refractivity contribution in [1.29, 1.82) is 0 Å². The van der Waals surface area contributed by atoms with Crippen LogP contribution in [0.25, 0.3) is 0 Å². The zero-order valence-corrected chi connectivity index (χ0v) is 12.0. The van der Waals surface area contributed by atoms with Crippen LogP contribution in [0.5, 0.6) is 0 Å². The minimum Gasteiger partial charge on any atom is -0.456 e. The Labute approximate surface area is 139 Å². The molecule has 0 aromatic rings. The topological polar surface area (TPSA) is 44.8 Å². The average Bonchev–Trinajstić information content (AvgIpc) is 2.40. The Bertz CT molecular complexity index is 554. The molecule has 0 aromatic carbocycles. The molecule has 0 aliphatic heterocycles. The number of rotatable bonds is 9. The minimum atomic E-state index is -7.16. The lowest BCUT2D eigenvalue weighted by Gasteiger charge is -2.33. The Morgan fingerprint density at radius 1 is 0.704 bits per heavy atom. The van der Waals surface area contributed by atoms with E-state index >= 15 is 0 Å².